The molecule has 3 aromatic rings. The molecule has 1 aliphatic rings. The van der Waals surface area contributed by atoms with Crippen LogP contribution < -0.4 is 15.5 Å². The van der Waals surface area contributed by atoms with Gasteiger partial charge in [0.2, 0.25) is 0 Å². The molecule has 1 saturated heterocycles. The monoisotopic (exact) mass is 387 g/mol. The van der Waals surface area contributed by atoms with Crippen LogP contribution in [0.25, 0.3) is 0 Å². The van der Waals surface area contributed by atoms with Crippen molar-refractivity contribution in [3.05, 3.63) is 96.1 Å². The van der Waals surface area contributed by atoms with E-state index in [4.69, 9.17) is 4.74 Å². The van der Waals surface area contributed by atoms with Crippen LogP contribution >= 0.6 is 0 Å². The number of para-hydroxylation sites is 2. The molecule has 3 aromatic carbocycles. The van der Waals surface area contributed by atoms with E-state index in [1.54, 1.807) is 0 Å². The van der Waals surface area contributed by atoms with Gasteiger partial charge in [-0.1, -0.05) is 72.8 Å². The Kier molecular flexibility index (Phi) is 6.07. The maximum Gasteiger partial charge on any atom is 0.320 e. The SMILES string of the molecule is O=C(Nc1ccccc1N1CCOCC1)NC(c1ccccc1)c1ccccc1. The second-order valence-corrected chi connectivity index (χ2v) is 6.97. The lowest BCUT2D eigenvalue weighted by Crippen LogP contribution is -2.37. The summed E-state index contributed by atoms with van der Waals surface area (Å²) >= 11 is 0. The quantitative estimate of drug-likeness (QED) is 0.681. The first-order valence-electron chi connectivity index (χ1n) is 9.90. The number of morpholine rings is 1. The summed E-state index contributed by atoms with van der Waals surface area (Å²) in [6.45, 7) is 3.03. The van der Waals surface area contributed by atoms with Gasteiger partial charge < -0.3 is 20.3 Å². The van der Waals surface area contributed by atoms with Crippen molar-refractivity contribution in [2.24, 2.45) is 0 Å². The molecule has 0 atom stereocenters. The van der Waals surface area contributed by atoms with Crippen LogP contribution in [0.15, 0.2) is 84.9 Å². The number of nitrogens with one attached hydrogen (secondary N) is 2. The van der Waals surface area contributed by atoms with E-state index in [0.717, 1.165) is 35.6 Å². The zero-order valence-corrected chi connectivity index (χ0v) is 16.3. The van der Waals surface area contributed by atoms with Crippen LogP contribution in [-0.2, 0) is 4.74 Å². The topological polar surface area (TPSA) is 53.6 Å². The number of rotatable bonds is 5. The van der Waals surface area contributed by atoms with E-state index in [1.807, 2.05) is 84.9 Å². The van der Waals surface area contributed by atoms with Gasteiger partial charge in [0.15, 0.2) is 0 Å². The molecule has 0 aromatic heterocycles. The number of hydrogen-bond donors (Lipinski definition) is 2. The standard InChI is InChI=1S/C24H25N3O2/c28-24(25-21-13-7-8-14-22(21)27-15-17-29-18-16-27)26-23(19-9-3-1-4-10-19)20-11-5-2-6-12-20/h1-14,23H,15-18H2,(H2,25,26,28). The lowest BCUT2D eigenvalue weighted by atomic mass is 9.99. The van der Waals surface area contributed by atoms with Gasteiger partial charge in [0.1, 0.15) is 0 Å². The third kappa shape index (κ3) is 4.76. The third-order valence-corrected chi connectivity index (χ3v) is 5.05. The first kappa shape index (κ1) is 19.0. The fourth-order valence-electron chi connectivity index (χ4n) is 3.60. The summed E-state index contributed by atoms with van der Waals surface area (Å²) in [5.41, 5.74) is 3.89. The number of urea groups is 1. The van der Waals surface area contributed by atoms with Crippen LogP contribution in [-0.4, -0.2) is 32.3 Å². The molecule has 1 heterocycles. The fraction of sp³-hybridized carbons (Fsp3) is 0.208. The number of anilines is 2. The van der Waals surface area contributed by atoms with Gasteiger partial charge in [-0.05, 0) is 23.3 Å². The Morgan fingerprint density at radius 1 is 0.793 bits per heavy atom. The van der Waals surface area contributed by atoms with Crippen LogP contribution in [0.2, 0.25) is 0 Å². The lowest BCUT2D eigenvalue weighted by molar-refractivity contribution is 0.123. The van der Waals surface area contributed by atoms with Crippen molar-refractivity contribution < 1.29 is 9.53 Å². The Hall–Kier alpha value is -3.31. The number of amides is 2. The van der Waals surface area contributed by atoms with Gasteiger partial charge in [-0.2, -0.15) is 0 Å². The van der Waals surface area contributed by atoms with Gasteiger partial charge in [-0.3, -0.25) is 0 Å². The van der Waals surface area contributed by atoms with Crippen molar-refractivity contribution in [1.29, 1.82) is 0 Å². The summed E-state index contributed by atoms with van der Waals surface area (Å²) in [5.74, 6) is 0. The number of ether oxygens (including phenoxy) is 1. The molecular weight excluding hydrogens is 362 g/mol. The van der Waals surface area contributed by atoms with E-state index >= 15 is 0 Å². The summed E-state index contributed by atoms with van der Waals surface area (Å²) in [6, 6.07) is 27.4. The van der Waals surface area contributed by atoms with Gasteiger partial charge in [0.05, 0.1) is 30.6 Å². The molecule has 0 radical (unpaired) electrons. The highest BCUT2D eigenvalue weighted by molar-refractivity contribution is 5.93. The zero-order valence-electron chi connectivity index (χ0n) is 16.3. The van der Waals surface area contributed by atoms with Crippen molar-refractivity contribution in [2.45, 2.75) is 6.04 Å². The molecule has 0 aliphatic carbocycles. The summed E-state index contributed by atoms with van der Waals surface area (Å²) in [4.78, 5) is 15.2. The van der Waals surface area contributed by atoms with Crippen molar-refractivity contribution in [1.82, 2.24) is 5.32 Å². The first-order valence-corrected chi connectivity index (χ1v) is 9.90. The highest BCUT2D eigenvalue weighted by Gasteiger charge is 2.19. The number of nitrogens with zero attached hydrogens (tertiary/aromatic N) is 1. The summed E-state index contributed by atoms with van der Waals surface area (Å²) < 4.78 is 5.45. The summed E-state index contributed by atoms with van der Waals surface area (Å²) in [5, 5.41) is 6.18. The Morgan fingerprint density at radius 2 is 1.34 bits per heavy atom. The second-order valence-electron chi connectivity index (χ2n) is 6.97. The molecule has 5 nitrogen and oxygen atoms in total. The van der Waals surface area contributed by atoms with E-state index in [-0.39, 0.29) is 12.1 Å². The summed E-state index contributed by atoms with van der Waals surface area (Å²) in [7, 11) is 0. The number of carbonyl (C=O) groups excluding carboxylic acids is 1. The molecule has 1 fully saturated rings. The third-order valence-electron chi connectivity index (χ3n) is 5.05. The van der Waals surface area contributed by atoms with Crippen LogP contribution in [0.1, 0.15) is 17.2 Å². The molecule has 0 spiro atoms. The van der Waals surface area contributed by atoms with Crippen molar-refractivity contribution in [2.75, 3.05) is 36.5 Å². The highest BCUT2D eigenvalue weighted by Crippen LogP contribution is 2.27. The highest BCUT2D eigenvalue weighted by atomic mass is 16.5. The molecule has 29 heavy (non-hydrogen) atoms. The normalized spacial score (nSPS) is 13.9. The van der Waals surface area contributed by atoms with Gasteiger partial charge in [0, 0.05) is 13.1 Å². The van der Waals surface area contributed by atoms with Crippen LogP contribution in [0.3, 0.4) is 0 Å². The Morgan fingerprint density at radius 3 is 1.97 bits per heavy atom. The molecule has 5 heteroatoms. The Balaban J connectivity index is 1.53. The average molecular weight is 387 g/mol. The van der Waals surface area contributed by atoms with E-state index in [2.05, 4.69) is 15.5 Å². The van der Waals surface area contributed by atoms with Crippen LogP contribution in [0, 0.1) is 0 Å². The van der Waals surface area contributed by atoms with E-state index < -0.39 is 0 Å². The van der Waals surface area contributed by atoms with Gasteiger partial charge in [0.25, 0.3) is 0 Å². The molecule has 2 amide bonds. The number of benzene rings is 3. The predicted octanol–water partition coefficient (Wildman–Crippen LogP) is 4.43. The largest absolute Gasteiger partial charge is 0.378 e. The maximum atomic E-state index is 12.9. The van der Waals surface area contributed by atoms with E-state index in [9.17, 15) is 4.79 Å². The molecule has 0 saturated carbocycles. The minimum atomic E-state index is -0.233. The first-order chi connectivity index (χ1) is 14.3. The predicted molar refractivity (Wildman–Crippen MR) is 116 cm³/mol. The molecule has 0 unspecified atom stereocenters. The van der Waals surface area contributed by atoms with Crippen molar-refractivity contribution >= 4 is 17.4 Å². The summed E-state index contributed by atoms with van der Waals surface area (Å²) in [6.07, 6.45) is 0. The average Bonchev–Trinajstić information content (AvgIpc) is 2.79. The molecule has 148 valence electrons. The van der Waals surface area contributed by atoms with Crippen molar-refractivity contribution in [3.63, 3.8) is 0 Å². The van der Waals surface area contributed by atoms with Crippen molar-refractivity contribution in [3.8, 4) is 0 Å². The lowest BCUT2D eigenvalue weighted by Gasteiger charge is -2.30. The smallest absolute Gasteiger partial charge is 0.320 e. The van der Waals surface area contributed by atoms with E-state index in [1.165, 1.54) is 0 Å². The molecular formula is C24H25N3O2. The fourth-order valence-corrected chi connectivity index (χ4v) is 3.60. The Labute approximate surface area is 171 Å². The molecule has 2 N–H and O–H groups in total. The second kappa shape index (κ2) is 9.26. The molecule has 4 rings (SSSR count). The van der Waals surface area contributed by atoms with Gasteiger partial charge in [-0.15, -0.1) is 0 Å². The minimum Gasteiger partial charge on any atom is -0.378 e. The molecule has 0 bridgehead atoms. The van der Waals surface area contributed by atoms with Gasteiger partial charge in [-0.25, -0.2) is 4.79 Å². The number of carbonyl (C=O) groups is 1. The van der Waals surface area contributed by atoms with Crippen LogP contribution in [0.5, 0.6) is 0 Å². The van der Waals surface area contributed by atoms with Gasteiger partial charge >= 0.3 is 6.03 Å². The zero-order chi connectivity index (χ0) is 19.9. The van der Waals surface area contributed by atoms with Crippen LogP contribution in [0.4, 0.5) is 16.2 Å². The molecule has 1 aliphatic heterocycles. The Bertz CT molecular complexity index is 886. The van der Waals surface area contributed by atoms with E-state index in [0.29, 0.717) is 13.2 Å². The maximum absolute atomic E-state index is 12.9. The number of hydrogen-bond acceptors (Lipinski definition) is 3. The minimum absolute atomic E-state index is 0.229.